The van der Waals surface area contributed by atoms with Crippen molar-refractivity contribution in [1.29, 1.82) is 0 Å². The predicted octanol–water partition coefficient (Wildman–Crippen LogP) is 5.66. The van der Waals surface area contributed by atoms with Crippen molar-refractivity contribution >= 4 is 23.4 Å². The van der Waals surface area contributed by atoms with Crippen LogP contribution in [0.4, 0.5) is 5.69 Å². The van der Waals surface area contributed by atoms with E-state index in [9.17, 15) is 4.79 Å². The lowest BCUT2D eigenvalue weighted by atomic mass is 10.0. The Balaban J connectivity index is 1.32. The van der Waals surface area contributed by atoms with E-state index >= 15 is 0 Å². The van der Waals surface area contributed by atoms with Gasteiger partial charge in [0.15, 0.2) is 11.0 Å². The van der Waals surface area contributed by atoms with E-state index in [-0.39, 0.29) is 11.7 Å². The summed E-state index contributed by atoms with van der Waals surface area (Å²) in [5, 5.41) is 12.2. The number of thioether (sulfide) groups is 1. The minimum absolute atomic E-state index is 0.0646. The molecule has 0 unspecified atom stereocenters. The van der Waals surface area contributed by atoms with Gasteiger partial charge < -0.3 is 14.6 Å². The molecule has 7 heteroatoms. The fourth-order valence-corrected chi connectivity index (χ4v) is 4.56. The second-order valence-electron chi connectivity index (χ2n) is 8.53. The van der Waals surface area contributed by atoms with Crippen LogP contribution in [0.1, 0.15) is 51.0 Å². The van der Waals surface area contributed by atoms with Crippen molar-refractivity contribution in [2.24, 2.45) is 7.05 Å². The minimum Gasteiger partial charge on any atom is -0.490 e. The number of benzene rings is 2. The van der Waals surface area contributed by atoms with Gasteiger partial charge in [-0.2, -0.15) is 0 Å². The summed E-state index contributed by atoms with van der Waals surface area (Å²) < 4.78 is 7.96. The quantitative estimate of drug-likeness (QED) is 0.449. The zero-order valence-electron chi connectivity index (χ0n) is 18.9. The van der Waals surface area contributed by atoms with Crippen molar-refractivity contribution in [3.63, 3.8) is 0 Å². The van der Waals surface area contributed by atoms with E-state index in [1.165, 1.54) is 30.2 Å². The summed E-state index contributed by atoms with van der Waals surface area (Å²) >= 11 is 1.38. The molecular weight excluding hydrogens is 420 g/mol. The third kappa shape index (κ3) is 5.51. The van der Waals surface area contributed by atoms with Gasteiger partial charge in [-0.05, 0) is 73.6 Å². The van der Waals surface area contributed by atoms with Gasteiger partial charge in [-0.15, -0.1) is 10.2 Å². The summed E-state index contributed by atoms with van der Waals surface area (Å²) in [4.78, 5) is 12.4. The lowest BCUT2D eigenvalue weighted by Gasteiger charge is -2.13. The van der Waals surface area contributed by atoms with Crippen LogP contribution in [0.25, 0.3) is 11.4 Å². The number of nitrogens with one attached hydrogen (secondary N) is 1. The average molecular weight is 451 g/mol. The van der Waals surface area contributed by atoms with Crippen molar-refractivity contribution in [2.45, 2.75) is 56.7 Å². The molecule has 1 aliphatic carbocycles. The Morgan fingerprint density at radius 1 is 1.09 bits per heavy atom. The first-order valence-corrected chi connectivity index (χ1v) is 12.2. The Labute approximate surface area is 193 Å². The fraction of sp³-hybridized carbons (Fsp3) is 0.400. The normalized spacial score (nSPS) is 14.1. The van der Waals surface area contributed by atoms with E-state index in [0.29, 0.717) is 17.2 Å². The maximum absolute atomic E-state index is 12.4. The Bertz CT molecular complexity index is 1040. The van der Waals surface area contributed by atoms with E-state index in [1.54, 1.807) is 0 Å². The fourth-order valence-electron chi connectivity index (χ4n) is 3.85. The summed E-state index contributed by atoms with van der Waals surface area (Å²) in [6.45, 7) is 4.30. The molecule has 1 fully saturated rings. The summed E-state index contributed by atoms with van der Waals surface area (Å²) in [6.07, 6.45) is 5.14. The van der Waals surface area contributed by atoms with Crippen LogP contribution in [0.15, 0.2) is 53.7 Å². The van der Waals surface area contributed by atoms with Crippen LogP contribution in [0.2, 0.25) is 0 Å². The molecule has 3 aromatic rings. The van der Waals surface area contributed by atoms with Gasteiger partial charge in [-0.1, -0.05) is 37.7 Å². The highest BCUT2D eigenvalue weighted by Gasteiger charge is 2.17. The zero-order valence-corrected chi connectivity index (χ0v) is 19.7. The van der Waals surface area contributed by atoms with Crippen LogP contribution in [0.3, 0.4) is 0 Å². The largest absolute Gasteiger partial charge is 0.490 e. The minimum atomic E-state index is -0.0646. The third-order valence-electron chi connectivity index (χ3n) is 5.75. The van der Waals surface area contributed by atoms with Gasteiger partial charge in [0.25, 0.3) is 0 Å². The summed E-state index contributed by atoms with van der Waals surface area (Å²) in [5.74, 6) is 2.34. The molecule has 6 nitrogen and oxygen atoms in total. The van der Waals surface area contributed by atoms with E-state index in [4.69, 9.17) is 4.74 Å². The van der Waals surface area contributed by atoms with Crippen LogP contribution >= 0.6 is 11.8 Å². The van der Waals surface area contributed by atoms with Crippen LogP contribution in [0, 0.1) is 0 Å². The number of nitrogens with zero attached hydrogens (tertiary/aromatic N) is 3. The second kappa shape index (κ2) is 10.2. The predicted molar refractivity (Wildman–Crippen MR) is 129 cm³/mol. The van der Waals surface area contributed by atoms with Gasteiger partial charge in [-0.25, -0.2) is 0 Å². The Morgan fingerprint density at radius 2 is 1.78 bits per heavy atom. The summed E-state index contributed by atoms with van der Waals surface area (Å²) in [6, 6.07) is 16.0. The van der Waals surface area contributed by atoms with Gasteiger partial charge in [0.1, 0.15) is 5.75 Å². The summed E-state index contributed by atoms with van der Waals surface area (Å²) in [5.41, 5.74) is 3.03. The third-order valence-corrected chi connectivity index (χ3v) is 6.77. The lowest BCUT2D eigenvalue weighted by molar-refractivity contribution is -0.113. The van der Waals surface area contributed by atoms with Gasteiger partial charge in [0, 0.05) is 18.3 Å². The first-order valence-electron chi connectivity index (χ1n) is 11.2. The van der Waals surface area contributed by atoms with Gasteiger partial charge in [0.05, 0.1) is 11.9 Å². The van der Waals surface area contributed by atoms with Crippen molar-refractivity contribution < 1.29 is 9.53 Å². The molecular formula is C25H30N4O2S. The van der Waals surface area contributed by atoms with E-state index < -0.39 is 0 Å². The SMILES string of the molecule is CC(C)c1ccc(NC(=O)CSc2nnc(-c3ccc(OC4CCCC4)cc3)n2C)cc1. The van der Waals surface area contributed by atoms with Crippen molar-refractivity contribution in [1.82, 2.24) is 14.8 Å². The Morgan fingerprint density at radius 3 is 2.44 bits per heavy atom. The molecule has 0 spiro atoms. The van der Waals surface area contributed by atoms with Gasteiger partial charge in [0.2, 0.25) is 5.91 Å². The van der Waals surface area contributed by atoms with Crippen molar-refractivity contribution in [3.05, 3.63) is 54.1 Å². The number of carbonyl (C=O) groups excluding carboxylic acids is 1. The molecule has 1 aromatic heterocycles. The summed E-state index contributed by atoms with van der Waals surface area (Å²) in [7, 11) is 1.92. The molecule has 0 saturated heterocycles. The van der Waals surface area contributed by atoms with Crippen molar-refractivity contribution in [2.75, 3.05) is 11.1 Å². The highest BCUT2D eigenvalue weighted by molar-refractivity contribution is 7.99. The molecule has 2 aromatic carbocycles. The maximum Gasteiger partial charge on any atom is 0.234 e. The first-order chi connectivity index (χ1) is 15.5. The average Bonchev–Trinajstić information content (AvgIpc) is 3.43. The number of amides is 1. The molecule has 1 saturated carbocycles. The molecule has 0 radical (unpaired) electrons. The topological polar surface area (TPSA) is 69.0 Å². The smallest absolute Gasteiger partial charge is 0.234 e. The zero-order chi connectivity index (χ0) is 22.5. The van der Waals surface area contributed by atoms with E-state index in [1.807, 2.05) is 60.1 Å². The maximum atomic E-state index is 12.4. The van der Waals surface area contributed by atoms with Crippen LogP contribution in [-0.2, 0) is 11.8 Å². The van der Waals surface area contributed by atoms with E-state index in [2.05, 4.69) is 29.4 Å². The molecule has 1 N–H and O–H groups in total. The number of rotatable bonds is 8. The number of ether oxygens (including phenoxy) is 1. The molecule has 1 aliphatic rings. The molecule has 0 atom stereocenters. The number of aromatic nitrogens is 3. The standard InChI is InChI=1S/C25H30N4O2S/c1-17(2)18-8-12-20(13-9-18)26-23(30)16-32-25-28-27-24(29(25)3)19-10-14-22(15-11-19)31-21-6-4-5-7-21/h8-15,17,21H,4-7,16H2,1-3H3,(H,26,30). The molecule has 168 valence electrons. The molecule has 1 amide bonds. The van der Waals surface area contributed by atoms with Gasteiger partial charge >= 0.3 is 0 Å². The molecule has 1 heterocycles. The number of anilines is 1. The molecule has 0 aliphatic heterocycles. The van der Waals surface area contributed by atoms with Crippen molar-refractivity contribution in [3.8, 4) is 17.1 Å². The molecule has 4 rings (SSSR count). The second-order valence-corrected chi connectivity index (χ2v) is 9.47. The Hall–Kier alpha value is -2.80. The first kappa shape index (κ1) is 22.4. The van der Waals surface area contributed by atoms with Crippen LogP contribution < -0.4 is 10.1 Å². The number of carbonyl (C=O) groups is 1. The number of hydrogen-bond donors (Lipinski definition) is 1. The Kier molecular flexibility index (Phi) is 7.15. The molecule has 0 bridgehead atoms. The number of hydrogen-bond acceptors (Lipinski definition) is 5. The lowest BCUT2D eigenvalue weighted by Crippen LogP contribution is -2.14. The van der Waals surface area contributed by atoms with Crippen LogP contribution in [0.5, 0.6) is 5.75 Å². The highest BCUT2D eigenvalue weighted by Crippen LogP contribution is 2.27. The van der Waals surface area contributed by atoms with Crippen LogP contribution in [-0.4, -0.2) is 32.5 Å². The van der Waals surface area contributed by atoms with E-state index in [0.717, 1.165) is 35.7 Å². The monoisotopic (exact) mass is 450 g/mol. The molecule has 32 heavy (non-hydrogen) atoms. The van der Waals surface area contributed by atoms with Gasteiger partial charge in [-0.3, -0.25) is 4.79 Å². The highest BCUT2D eigenvalue weighted by atomic mass is 32.2.